The molecule has 2 aromatic heterocycles. The molecule has 2 aromatic rings. The van der Waals surface area contributed by atoms with Crippen LogP contribution in [0.2, 0.25) is 0 Å². The number of thiazole rings is 1. The first-order chi connectivity index (χ1) is 10.6. The second-order valence-corrected chi connectivity index (χ2v) is 7.04. The molecular formula is C15H16N2O3S2. The van der Waals surface area contributed by atoms with E-state index in [9.17, 15) is 9.59 Å². The number of nitrogens with one attached hydrogen (secondary N) is 1. The van der Waals surface area contributed by atoms with Crippen molar-refractivity contribution in [1.29, 1.82) is 0 Å². The minimum atomic E-state index is -0.693. The average molecular weight is 336 g/mol. The maximum Gasteiger partial charge on any atom is 0.351 e. The molecule has 1 amide bonds. The highest BCUT2D eigenvalue weighted by Crippen LogP contribution is 2.31. The molecule has 5 nitrogen and oxygen atoms in total. The van der Waals surface area contributed by atoms with E-state index >= 15 is 0 Å². The van der Waals surface area contributed by atoms with Gasteiger partial charge in [0.15, 0.2) is 6.10 Å². The van der Waals surface area contributed by atoms with E-state index in [0.29, 0.717) is 23.5 Å². The smallest absolute Gasteiger partial charge is 0.351 e. The SMILES string of the molecule is Cc1nc(-c2cccs2)sc1C(=O)OC1CCCCNC1=O. The first-order valence-electron chi connectivity index (χ1n) is 7.15. The van der Waals surface area contributed by atoms with Gasteiger partial charge in [0.1, 0.15) is 9.88 Å². The van der Waals surface area contributed by atoms with Crippen LogP contribution in [-0.4, -0.2) is 29.5 Å². The lowest BCUT2D eigenvalue weighted by atomic mass is 10.2. The first kappa shape index (κ1) is 15.2. The van der Waals surface area contributed by atoms with Gasteiger partial charge < -0.3 is 10.1 Å². The minimum Gasteiger partial charge on any atom is -0.448 e. The Bertz CT molecular complexity index is 679. The normalized spacial score (nSPS) is 18.6. The van der Waals surface area contributed by atoms with Crippen molar-refractivity contribution in [3.05, 3.63) is 28.1 Å². The number of carbonyl (C=O) groups excluding carboxylic acids is 2. The maximum atomic E-state index is 12.3. The van der Waals surface area contributed by atoms with Gasteiger partial charge in [-0.15, -0.1) is 22.7 Å². The van der Waals surface area contributed by atoms with Gasteiger partial charge in [-0.1, -0.05) is 6.07 Å². The lowest BCUT2D eigenvalue weighted by Gasteiger charge is -2.13. The standard InChI is InChI=1S/C15H16N2O3S2/c1-9-12(22-14(17-9)11-6-4-8-21-11)15(19)20-10-5-2-3-7-16-13(10)18/h4,6,8,10H,2-3,5,7H2,1H3,(H,16,18). The molecular weight excluding hydrogens is 320 g/mol. The average Bonchev–Trinajstić information content (AvgIpc) is 3.10. The van der Waals surface area contributed by atoms with E-state index in [2.05, 4.69) is 10.3 Å². The Labute approximate surface area is 136 Å². The fraction of sp³-hybridized carbons (Fsp3) is 0.400. The molecule has 1 N–H and O–H groups in total. The summed E-state index contributed by atoms with van der Waals surface area (Å²) in [6.45, 7) is 2.44. The number of hydrogen-bond acceptors (Lipinski definition) is 6. The van der Waals surface area contributed by atoms with Gasteiger partial charge in [0.25, 0.3) is 5.91 Å². The van der Waals surface area contributed by atoms with Crippen LogP contribution in [0.5, 0.6) is 0 Å². The molecule has 22 heavy (non-hydrogen) atoms. The fourth-order valence-electron chi connectivity index (χ4n) is 2.30. The number of aryl methyl sites for hydroxylation is 1. The molecule has 116 valence electrons. The molecule has 0 radical (unpaired) electrons. The van der Waals surface area contributed by atoms with Crippen molar-refractivity contribution in [1.82, 2.24) is 10.3 Å². The van der Waals surface area contributed by atoms with E-state index in [4.69, 9.17) is 4.74 Å². The van der Waals surface area contributed by atoms with Gasteiger partial charge in [0.05, 0.1) is 10.6 Å². The first-order valence-corrected chi connectivity index (χ1v) is 8.85. The summed E-state index contributed by atoms with van der Waals surface area (Å²) in [5, 5.41) is 5.55. The minimum absolute atomic E-state index is 0.202. The zero-order valence-corrected chi connectivity index (χ0v) is 13.8. The summed E-state index contributed by atoms with van der Waals surface area (Å²) in [5.74, 6) is -0.661. The third-order valence-electron chi connectivity index (χ3n) is 3.45. The van der Waals surface area contributed by atoms with Crippen LogP contribution in [0, 0.1) is 6.92 Å². The van der Waals surface area contributed by atoms with Gasteiger partial charge in [-0.25, -0.2) is 9.78 Å². The lowest BCUT2D eigenvalue weighted by molar-refractivity contribution is -0.129. The highest BCUT2D eigenvalue weighted by molar-refractivity contribution is 7.22. The number of nitrogens with zero attached hydrogens (tertiary/aromatic N) is 1. The summed E-state index contributed by atoms with van der Waals surface area (Å²) < 4.78 is 5.40. The zero-order chi connectivity index (χ0) is 15.5. The summed E-state index contributed by atoms with van der Waals surface area (Å²) >= 11 is 2.89. The van der Waals surface area contributed by atoms with Gasteiger partial charge in [-0.2, -0.15) is 0 Å². The van der Waals surface area contributed by atoms with Crippen molar-refractivity contribution in [2.45, 2.75) is 32.3 Å². The molecule has 7 heteroatoms. The summed E-state index contributed by atoms with van der Waals surface area (Å²) in [5.41, 5.74) is 0.646. The molecule has 1 aliphatic heterocycles. The number of rotatable bonds is 3. The van der Waals surface area contributed by atoms with Crippen LogP contribution < -0.4 is 5.32 Å². The molecule has 1 unspecified atom stereocenters. The number of esters is 1. The number of amides is 1. The Morgan fingerprint density at radius 1 is 1.45 bits per heavy atom. The number of hydrogen-bond donors (Lipinski definition) is 1. The molecule has 1 atom stereocenters. The lowest BCUT2D eigenvalue weighted by Crippen LogP contribution is -2.36. The van der Waals surface area contributed by atoms with Gasteiger partial charge in [-0.05, 0) is 37.6 Å². The van der Waals surface area contributed by atoms with Crippen LogP contribution in [-0.2, 0) is 9.53 Å². The van der Waals surface area contributed by atoms with Crippen LogP contribution in [0.1, 0.15) is 34.6 Å². The molecule has 0 aromatic carbocycles. The third-order valence-corrected chi connectivity index (χ3v) is 5.62. The molecule has 1 fully saturated rings. The van der Waals surface area contributed by atoms with E-state index in [1.54, 1.807) is 18.3 Å². The molecule has 0 aliphatic carbocycles. The van der Waals surface area contributed by atoms with Gasteiger partial charge in [-0.3, -0.25) is 4.79 Å². The van der Waals surface area contributed by atoms with Crippen LogP contribution in [0.3, 0.4) is 0 Å². The van der Waals surface area contributed by atoms with Crippen molar-refractivity contribution in [2.24, 2.45) is 0 Å². The van der Waals surface area contributed by atoms with Crippen LogP contribution in [0.4, 0.5) is 0 Å². The van der Waals surface area contributed by atoms with Gasteiger partial charge in [0.2, 0.25) is 0 Å². The highest BCUT2D eigenvalue weighted by Gasteiger charge is 2.27. The summed E-state index contributed by atoms with van der Waals surface area (Å²) in [7, 11) is 0. The third kappa shape index (κ3) is 3.20. The molecule has 1 saturated heterocycles. The Balaban J connectivity index is 1.76. The second-order valence-electron chi connectivity index (χ2n) is 5.09. The van der Waals surface area contributed by atoms with Crippen molar-refractivity contribution in [2.75, 3.05) is 6.54 Å². The predicted molar refractivity (Wildman–Crippen MR) is 86.2 cm³/mol. The van der Waals surface area contributed by atoms with Crippen LogP contribution in [0.25, 0.3) is 9.88 Å². The molecule has 1 aliphatic rings. The van der Waals surface area contributed by atoms with Gasteiger partial charge in [0, 0.05) is 6.54 Å². The molecule has 3 heterocycles. The van der Waals surface area contributed by atoms with Crippen LogP contribution >= 0.6 is 22.7 Å². The second kappa shape index (κ2) is 6.58. The fourth-order valence-corrected chi connectivity index (χ4v) is 4.04. The molecule has 0 saturated carbocycles. The van der Waals surface area contributed by atoms with Crippen molar-refractivity contribution in [3.8, 4) is 9.88 Å². The van der Waals surface area contributed by atoms with E-state index in [0.717, 1.165) is 22.7 Å². The van der Waals surface area contributed by atoms with E-state index in [1.807, 2.05) is 17.5 Å². The summed E-state index contributed by atoms with van der Waals surface area (Å²) in [6.07, 6.45) is 1.68. The molecule has 0 bridgehead atoms. The highest BCUT2D eigenvalue weighted by atomic mass is 32.1. The van der Waals surface area contributed by atoms with Crippen molar-refractivity contribution < 1.29 is 14.3 Å². The van der Waals surface area contributed by atoms with E-state index < -0.39 is 12.1 Å². The zero-order valence-electron chi connectivity index (χ0n) is 12.1. The quantitative estimate of drug-likeness (QED) is 0.875. The number of aromatic nitrogens is 1. The van der Waals surface area contributed by atoms with Crippen LogP contribution in [0.15, 0.2) is 17.5 Å². The Morgan fingerprint density at radius 3 is 3.09 bits per heavy atom. The van der Waals surface area contributed by atoms with E-state index in [1.165, 1.54) is 11.3 Å². The molecule has 0 spiro atoms. The van der Waals surface area contributed by atoms with Crippen molar-refractivity contribution >= 4 is 34.6 Å². The van der Waals surface area contributed by atoms with Crippen molar-refractivity contribution in [3.63, 3.8) is 0 Å². The Morgan fingerprint density at radius 2 is 2.32 bits per heavy atom. The van der Waals surface area contributed by atoms with E-state index in [-0.39, 0.29) is 5.91 Å². The Hall–Kier alpha value is -1.73. The van der Waals surface area contributed by atoms with Gasteiger partial charge >= 0.3 is 5.97 Å². The maximum absolute atomic E-state index is 12.3. The summed E-state index contributed by atoms with van der Waals surface area (Å²) in [6, 6.07) is 3.92. The molecule has 3 rings (SSSR count). The number of carbonyl (C=O) groups is 2. The number of ether oxygens (including phenoxy) is 1. The predicted octanol–water partition coefficient (Wildman–Crippen LogP) is 3.01. The summed E-state index contributed by atoms with van der Waals surface area (Å²) in [4.78, 5) is 30.1. The number of thiophene rings is 1. The topological polar surface area (TPSA) is 68.3 Å². The largest absolute Gasteiger partial charge is 0.448 e. The Kier molecular flexibility index (Phi) is 4.54. The monoisotopic (exact) mass is 336 g/mol.